The summed E-state index contributed by atoms with van der Waals surface area (Å²) in [5, 5.41) is 3.00. The standard InChI is InChI=1S/C21H19ClN2O4S/c1-3-27-16-9-8-13(18(12-16)28-4-2)10-17-19(25)23-21(29)24(20(17)26)15-7-5-6-14(22)11-15/h5-12H,3-4H2,1-2H3,(H,23,25,29)/b17-10+. The molecule has 1 saturated heterocycles. The molecule has 2 amide bonds. The number of nitrogens with one attached hydrogen (secondary N) is 1. The van der Waals surface area contributed by atoms with Gasteiger partial charge in [0.15, 0.2) is 5.11 Å². The third-order valence-electron chi connectivity index (χ3n) is 4.06. The fourth-order valence-corrected chi connectivity index (χ4v) is 3.30. The Balaban J connectivity index is 2.02. The van der Waals surface area contributed by atoms with Crippen LogP contribution in [0.4, 0.5) is 5.69 Å². The minimum absolute atomic E-state index is 0.00357. The number of ether oxygens (including phenoxy) is 2. The lowest BCUT2D eigenvalue weighted by molar-refractivity contribution is -0.122. The van der Waals surface area contributed by atoms with Crippen molar-refractivity contribution in [2.24, 2.45) is 0 Å². The van der Waals surface area contributed by atoms with Crippen LogP contribution in [0.25, 0.3) is 6.08 Å². The Morgan fingerprint density at radius 2 is 1.86 bits per heavy atom. The SMILES string of the molecule is CCOc1ccc(/C=C2\C(=O)NC(=S)N(c3cccc(Cl)c3)C2=O)c(OCC)c1. The van der Waals surface area contributed by atoms with E-state index in [2.05, 4.69) is 5.32 Å². The predicted molar refractivity (Wildman–Crippen MR) is 116 cm³/mol. The highest BCUT2D eigenvalue weighted by Crippen LogP contribution is 2.29. The highest BCUT2D eigenvalue weighted by atomic mass is 35.5. The number of carbonyl (C=O) groups is 2. The van der Waals surface area contributed by atoms with Gasteiger partial charge in [0.25, 0.3) is 11.8 Å². The number of thiocarbonyl (C=S) groups is 1. The van der Waals surface area contributed by atoms with E-state index in [0.29, 0.717) is 41.0 Å². The summed E-state index contributed by atoms with van der Waals surface area (Å²) in [5.41, 5.74) is 0.978. The van der Waals surface area contributed by atoms with Gasteiger partial charge in [-0.05, 0) is 62.5 Å². The topological polar surface area (TPSA) is 67.9 Å². The fraction of sp³-hybridized carbons (Fsp3) is 0.190. The second-order valence-electron chi connectivity index (χ2n) is 6.00. The van der Waals surface area contributed by atoms with Crippen molar-refractivity contribution in [3.05, 3.63) is 58.6 Å². The Morgan fingerprint density at radius 1 is 1.10 bits per heavy atom. The number of hydrogen-bond donors (Lipinski definition) is 1. The summed E-state index contributed by atoms with van der Waals surface area (Å²) in [7, 11) is 0. The Kier molecular flexibility index (Phi) is 6.51. The first-order valence-corrected chi connectivity index (χ1v) is 9.79. The van der Waals surface area contributed by atoms with Crippen LogP contribution in [0.15, 0.2) is 48.0 Å². The normalized spacial score (nSPS) is 15.5. The molecule has 2 aromatic rings. The van der Waals surface area contributed by atoms with Gasteiger partial charge >= 0.3 is 0 Å². The molecule has 6 nitrogen and oxygen atoms in total. The molecule has 0 spiro atoms. The summed E-state index contributed by atoms with van der Waals surface area (Å²) < 4.78 is 11.2. The molecule has 0 unspecified atom stereocenters. The second-order valence-corrected chi connectivity index (χ2v) is 6.83. The van der Waals surface area contributed by atoms with Crippen LogP contribution >= 0.6 is 23.8 Å². The number of hydrogen-bond acceptors (Lipinski definition) is 5. The maximum absolute atomic E-state index is 13.1. The molecule has 0 bridgehead atoms. The maximum Gasteiger partial charge on any atom is 0.270 e. The number of anilines is 1. The number of halogens is 1. The molecule has 0 aromatic heterocycles. The number of amides is 2. The summed E-state index contributed by atoms with van der Waals surface area (Å²) in [4.78, 5) is 26.8. The summed E-state index contributed by atoms with van der Waals surface area (Å²) >= 11 is 11.2. The van der Waals surface area contributed by atoms with Crippen molar-refractivity contribution in [1.82, 2.24) is 5.32 Å². The van der Waals surface area contributed by atoms with E-state index < -0.39 is 11.8 Å². The zero-order valence-electron chi connectivity index (χ0n) is 15.9. The number of nitrogens with zero attached hydrogens (tertiary/aromatic N) is 1. The van der Waals surface area contributed by atoms with Gasteiger partial charge < -0.3 is 9.47 Å². The Hall–Kier alpha value is -2.90. The zero-order valence-corrected chi connectivity index (χ0v) is 17.5. The fourth-order valence-electron chi connectivity index (χ4n) is 2.83. The third-order valence-corrected chi connectivity index (χ3v) is 4.58. The second kappa shape index (κ2) is 9.07. The molecule has 0 aliphatic carbocycles. The molecule has 1 aliphatic heterocycles. The van der Waals surface area contributed by atoms with Gasteiger partial charge in [0.05, 0.1) is 18.9 Å². The number of benzene rings is 2. The molecule has 1 heterocycles. The zero-order chi connectivity index (χ0) is 21.0. The van der Waals surface area contributed by atoms with Gasteiger partial charge in [-0.15, -0.1) is 0 Å². The Labute approximate surface area is 179 Å². The van der Waals surface area contributed by atoms with Crippen molar-refractivity contribution in [3.8, 4) is 11.5 Å². The van der Waals surface area contributed by atoms with Crippen molar-refractivity contribution in [2.75, 3.05) is 18.1 Å². The van der Waals surface area contributed by atoms with Crippen LogP contribution in [0.1, 0.15) is 19.4 Å². The molecule has 3 rings (SSSR count). The van der Waals surface area contributed by atoms with E-state index in [1.54, 1.807) is 42.5 Å². The lowest BCUT2D eigenvalue weighted by atomic mass is 10.1. The van der Waals surface area contributed by atoms with Crippen LogP contribution in [0.2, 0.25) is 5.02 Å². The van der Waals surface area contributed by atoms with E-state index in [1.807, 2.05) is 13.8 Å². The molecular formula is C21H19ClN2O4S. The van der Waals surface area contributed by atoms with Crippen molar-refractivity contribution < 1.29 is 19.1 Å². The first-order chi connectivity index (χ1) is 13.9. The minimum Gasteiger partial charge on any atom is -0.494 e. The van der Waals surface area contributed by atoms with E-state index in [4.69, 9.17) is 33.3 Å². The van der Waals surface area contributed by atoms with Gasteiger partial charge in [0, 0.05) is 16.7 Å². The average molecular weight is 431 g/mol. The Bertz CT molecular complexity index is 1010. The summed E-state index contributed by atoms with van der Waals surface area (Å²) in [6.45, 7) is 4.67. The van der Waals surface area contributed by atoms with Crippen molar-refractivity contribution in [1.29, 1.82) is 0 Å². The van der Waals surface area contributed by atoms with E-state index in [0.717, 1.165) is 0 Å². The first kappa shape index (κ1) is 20.8. The molecule has 2 aromatic carbocycles. The summed E-state index contributed by atoms with van der Waals surface area (Å²) in [6.07, 6.45) is 1.48. The minimum atomic E-state index is -0.574. The maximum atomic E-state index is 13.1. The smallest absolute Gasteiger partial charge is 0.270 e. The van der Waals surface area contributed by atoms with Crippen LogP contribution in [0, 0.1) is 0 Å². The van der Waals surface area contributed by atoms with Gasteiger partial charge in [0.1, 0.15) is 17.1 Å². The number of rotatable bonds is 6. The highest BCUT2D eigenvalue weighted by Gasteiger charge is 2.34. The van der Waals surface area contributed by atoms with Crippen LogP contribution in [-0.2, 0) is 9.59 Å². The summed E-state index contributed by atoms with van der Waals surface area (Å²) in [5.74, 6) is 0.0280. The molecule has 0 saturated carbocycles. The van der Waals surface area contributed by atoms with Gasteiger partial charge in [-0.2, -0.15) is 0 Å². The van der Waals surface area contributed by atoms with Crippen molar-refractivity contribution in [3.63, 3.8) is 0 Å². The van der Waals surface area contributed by atoms with E-state index in [9.17, 15) is 9.59 Å². The van der Waals surface area contributed by atoms with E-state index in [1.165, 1.54) is 11.0 Å². The molecule has 29 heavy (non-hydrogen) atoms. The molecule has 0 atom stereocenters. The van der Waals surface area contributed by atoms with Crippen LogP contribution in [-0.4, -0.2) is 30.1 Å². The van der Waals surface area contributed by atoms with Gasteiger partial charge in [0.2, 0.25) is 0 Å². The largest absolute Gasteiger partial charge is 0.494 e. The predicted octanol–water partition coefficient (Wildman–Crippen LogP) is 3.97. The quantitative estimate of drug-likeness (QED) is 0.426. The molecule has 150 valence electrons. The van der Waals surface area contributed by atoms with Gasteiger partial charge in [-0.1, -0.05) is 17.7 Å². The van der Waals surface area contributed by atoms with E-state index in [-0.39, 0.29) is 10.7 Å². The molecule has 0 radical (unpaired) electrons. The Morgan fingerprint density at radius 3 is 2.55 bits per heavy atom. The monoisotopic (exact) mass is 430 g/mol. The molecule has 1 fully saturated rings. The molecule has 1 N–H and O–H groups in total. The van der Waals surface area contributed by atoms with E-state index >= 15 is 0 Å². The molecule has 1 aliphatic rings. The highest BCUT2D eigenvalue weighted by molar-refractivity contribution is 7.80. The van der Waals surface area contributed by atoms with Crippen molar-refractivity contribution >= 4 is 52.5 Å². The van der Waals surface area contributed by atoms with Crippen LogP contribution in [0.3, 0.4) is 0 Å². The molecule has 8 heteroatoms. The van der Waals surface area contributed by atoms with Gasteiger partial charge in [-0.25, -0.2) is 0 Å². The first-order valence-electron chi connectivity index (χ1n) is 9.01. The van der Waals surface area contributed by atoms with Crippen LogP contribution in [0.5, 0.6) is 11.5 Å². The molecular weight excluding hydrogens is 412 g/mol. The number of carbonyl (C=O) groups excluding carboxylic acids is 2. The third kappa shape index (κ3) is 4.58. The van der Waals surface area contributed by atoms with Gasteiger partial charge in [-0.3, -0.25) is 19.8 Å². The average Bonchev–Trinajstić information content (AvgIpc) is 2.67. The van der Waals surface area contributed by atoms with Crippen molar-refractivity contribution in [2.45, 2.75) is 13.8 Å². The van der Waals surface area contributed by atoms with Crippen LogP contribution < -0.4 is 19.7 Å². The summed E-state index contributed by atoms with van der Waals surface area (Å²) in [6, 6.07) is 11.9. The lowest BCUT2D eigenvalue weighted by Gasteiger charge is -2.29. The lowest BCUT2D eigenvalue weighted by Crippen LogP contribution is -2.54.